The van der Waals surface area contributed by atoms with Crippen molar-refractivity contribution >= 4 is 39.4 Å². The number of piperazine rings is 1. The first-order valence-electron chi connectivity index (χ1n) is 9.37. The molecule has 4 heterocycles. The Labute approximate surface area is 171 Å². The van der Waals surface area contributed by atoms with Crippen molar-refractivity contribution < 1.29 is 0 Å². The number of hydrogen-bond acceptors (Lipinski definition) is 7. The number of aromatic amines is 1. The highest BCUT2D eigenvalue weighted by Crippen LogP contribution is 2.23. The summed E-state index contributed by atoms with van der Waals surface area (Å²) < 4.78 is 1.75. The van der Waals surface area contributed by atoms with Gasteiger partial charge in [0.05, 0.1) is 29.0 Å². The standard InChI is InChI=1S/C19H19ClN8O/c1-26-17-14(9-23-26)18(22-11-21-17)28-6-4-27(5-7-28)10-16-24-15-8-12(20)2-3-13(15)19(29)25-16/h2-3,8-9,11H,4-7,10H2,1H3,(H,24,25,29). The molecule has 0 radical (unpaired) electrons. The number of nitrogens with zero attached hydrogens (tertiary/aromatic N) is 7. The van der Waals surface area contributed by atoms with Gasteiger partial charge in [-0.2, -0.15) is 5.10 Å². The fourth-order valence-electron chi connectivity index (χ4n) is 3.77. The monoisotopic (exact) mass is 410 g/mol. The molecule has 0 atom stereocenters. The summed E-state index contributed by atoms with van der Waals surface area (Å²) in [6.07, 6.45) is 3.40. The molecule has 0 spiro atoms. The quantitative estimate of drug-likeness (QED) is 0.547. The van der Waals surface area contributed by atoms with Gasteiger partial charge in [-0.05, 0) is 18.2 Å². The number of aromatic nitrogens is 6. The highest BCUT2D eigenvalue weighted by molar-refractivity contribution is 6.31. The molecule has 4 aromatic rings. The Morgan fingerprint density at radius 3 is 2.79 bits per heavy atom. The van der Waals surface area contributed by atoms with E-state index in [-0.39, 0.29) is 5.56 Å². The predicted octanol–water partition coefficient (Wildman–Crippen LogP) is 1.58. The van der Waals surface area contributed by atoms with E-state index in [1.807, 2.05) is 13.2 Å². The van der Waals surface area contributed by atoms with E-state index in [1.165, 1.54) is 0 Å². The zero-order valence-corrected chi connectivity index (χ0v) is 16.6. The lowest BCUT2D eigenvalue weighted by molar-refractivity contribution is 0.244. The van der Waals surface area contributed by atoms with Gasteiger partial charge in [-0.3, -0.25) is 14.4 Å². The number of H-pyrrole nitrogens is 1. The fraction of sp³-hybridized carbons (Fsp3) is 0.316. The SMILES string of the molecule is Cn1ncc2c(N3CCN(Cc4nc5cc(Cl)ccc5c(=O)[nH]4)CC3)ncnc21. The van der Waals surface area contributed by atoms with E-state index in [2.05, 4.69) is 34.8 Å². The minimum absolute atomic E-state index is 0.139. The molecule has 148 valence electrons. The molecular weight excluding hydrogens is 392 g/mol. The van der Waals surface area contributed by atoms with Gasteiger partial charge in [0.1, 0.15) is 18.0 Å². The normalized spacial score (nSPS) is 15.4. The maximum atomic E-state index is 12.3. The number of anilines is 1. The first-order valence-corrected chi connectivity index (χ1v) is 9.75. The number of aryl methyl sites for hydroxylation is 1. The van der Waals surface area contributed by atoms with Gasteiger partial charge in [-0.15, -0.1) is 0 Å². The molecule has 3 aromatic heterocycles. The Morgan fingerprint density at radius 2 is 1.97 bits per heavy atom. The molecule has 9 nitrogen and oxygen atoms in total. The number of hydrogen-bond donors (Lipinski definition) is 1. The fourth-order valence-corrected chi connectivity index (χ4v) is 3.93. The average Bonchev–Trinajstić information content (AvgIpc) is 3.09. The Bertz CT molecular complexity index is 1260. The van der Waals surface area contributed by atoms with Gasteiger partial charge in [-0.25, -0.2) is 15.0 Å². The van der Waals surface area contributed by atoms with Crippen molar-refractivity contribution in [3.05, 3.63) is 51.9 Å². The second-order valence-corrected chi connectivity index (χ2v) is 7.58. The van der Waals surface area contributed by atoms with Gasteiger partial charge in [0.15, 0.2) is 5.65 Å². The van der Waals surface area contributed by atoms with Crippen LogP contribution in [0.2, 0.25) is 5.02 Å². The lowest BCUT2D eigenvalue weighted by Gasteiger charge is -2.35. The van der Waals surface area contributed by atoms with Crippen molar-refractivity contribution in [1.29, 1.82) is 0 Å². The summed E-state index contributed by atoms with van der Waals surface area (Å²) in [5.41, 5.74) is 1.31. The van der Waals surface area contributed by atoms with Crippen LogP contribution in [0.5, 0.6) is 0 Å². The summed E-state index contributed by atoms with van der Waals surface area (Å²) in [5, 5.41) is 6.37. The molecule has 1 aromatic carbocycles. The number of benzene rings is 1. The zero-order valence-electron chi connectivity index (χ0n) is 15.8. The van der Waals surface area contributed by atoms with Crippen LogP contribution in [0.3, 0.4) is 0 Å². The van der Waals surface area contributed by atoms with Crippen LogP contribution in [0.25, 0.3) is 21.9 Å². The molecule has 1 aliphatic heterocycles. The minimum Gasteiger partial charge on any atom is -0.353 e. The second-order valence-electron chi connectivity index (χ2n) is 7.14. The van der Waals surface area contributed by atoms with E-state index >= 15 is 0 Å². The van der Waals surface area contributed by atoms with Crippen molar-refractivity contribution in [1.82, 2.24) is 34.6 Å². The number of fused-ring (bicyclic) bond motifs is 2. The van der Waals surface area contributed by atoms with E-state index < -0.39 is 0 Å². The van der Waals surface area contributed by atoms with Crippen molar-refractivity contribution in [2.24, 2.45) is 7.05 Å². The van der Waals surface area contributed by atoms with Crippen molar-refractivity contribution in [3.63, 3.8) is 0 Å². The molecule has 29 heavy (non-hydrogen) atoms. The third kappa shape index (κ3) is 3.32. The Hall–Kier alpha value is -3.04. The van der Waals surface area contributed by atoms with Crippen LogP contribution >= 0.6 is 11.6 Å². The van der Waals surface area contributed by atoms with Gasteiger partial charge >= 0.3 is 0 Å². The van der Waals surface area contributed by atoms with Crippen molar-refractivity contribution in [2.75, 3.05) is 31.1 Å². The van der Waals surface area contributed by atoms with E-state index in [1.54, 1.807) is 29.2 Å². The van der Waals surface area contributed by atoms with Crippen LogP contribution in [0.1, 0.15) is 5.82 Å². The Kier molecular flexibility index (Phi) is 4.40. The van der Waals surface area contributed by atoms with E-state index in [0.717, 1.165) is 43.0 Å². The van der Waals surface area contributed by atoms with Gasteiger partial charge in [0.25, 0.3) is 5.56 Å². The lowest BCUT2D eigenvalue weighted by Crippen LogP contribution is -2.46. The molecule has 0 bridgehead atoms. The van der Waals surface area contributed by atoms with Crippen molar-refractivity contribution in [3.8, 4) is 0 Å². The molecule has 5 rings (SSSR count). The first kappa shape index (κ1) is 18.0. The summed E-state index contributed by atoms with van der Waals surface area (Å²) in [7, 11) is 1.88. The van der Waals surface area contributed by atoms with Crippen LogP contribution in [0.4, 0.5) is 5.82 Å². The summed E-state index contributed by atoms with van der Waals surface area (Å²) >= 11 is 6.05. The first-order chi connectivity index (χ1) is 14.1. The van der Waals surface area contributed by atoms with Crippen LogP contribution in [0, 0.1) is 0 Å². The Morgan fingerprint density at radius 1 is 1.14 bits per heavy atom. The number of rotatable bonds is 3. The van der Waals surface area contributed by atoms with Gasteiger partial charge in [-0.1, -0.05) is 11.6 Å². The zero-order chi connectivity index (χ0) is 20.0. The third-order valence-corrected chi connectivity index (χ3v) is 5.51. The molecule has 10 heteroatoms. The van der Waals surface area contributed by atoms with Crippen LogP contribution < -0.4 is 10.5 Å². The van der Waals surface area contributed by atoms with E-state index in [9.17, 15) is 4.79 Å². The summed E-state index contributed by atoms with van der Waals surface area (Å²) in [5.74, 6) is 1.56. The summed E-state index contributed by atoms with van der Waals surface area (Å²) in [6.45, 7) is 3.90. The average molecular weight is 411 g/mol. The molecule has 0 saturated carbocycles. The Balaban J connectivity index is 1.32. The van der Waals surface area contributed by atoms with Gasteiger partial charge in [0.2, 0.25) is 0 Å². The number of halogens is 1. The molecule has 0 aliphatic carbocycles. The maximum Gasteiger partial charge on any atom is 0.258 e. The van der Waals surface area contributed by atoms with Crippen LogP contribution in [-0.2, 0) is 13.6 Å². The predicted molar refractivity (Wildman–Crippen MR) is 111 cm³/mol. The molecule has 0 unspecified atom stereocenters. The largest absolute Gasteiger partial charge is 0.353 e. The molecule has 0 amide bonds. The topological polar surface area (TPSA) is 95.8 Å². The van der Waals surface area contributed by atoms with E-state index in [0.29, 0.717) is 28.3 Å². The summed E-state index contributed by atoms with van der Waals surface area (Å²) in [6, 6.07) is 5.13. The second kappa shape index (κ2) is 7.09. The highest BCUT2D eigenvalue weighted by atomic mass is 35.5. The van der Waals surface area contributed by atoms with Crippen LogP contribution in [-0.4, -0.2) is 60.8 Å². The highest BCUT2D eigenvalue weighted by Gasteiger charge is 2.21. The molecule has 1 saturated heterocycles. The minimum atomic E-state index is -0.139. The smallest absolute Gasteiger partial charge is 0.258 e. The summed E-state index contributed by atoms with van der Waals surface area (Å²) in [4.78, 5) is 33.1. The molecule has 1 fully saturated rings. The van der Waals surface area contributed by atoms with Gasteiger partial charge < -0.3 is 9.88 Å². The van der Waals surface area contributed by atoms with E-state index in [4.69, 9.17) is 11.6 Å². The van der Waals surface area contributed by atoms with Gasteiger partial charge in [0, 0.05) is 38.2 Å². The van der Waals surface area contributed by atoms with Crippen LogP contribution in [0.15, 0.2) is 35.5 Å². The van der Waals surface area contributed by atoms with Crippen molar-refractivity contribution in [2.45, 2.75) is 6.54 Å². The lowest BCUT2D eigenvalue weighted by atomic mass is 10.2. The number of nitrogens with one attached hydrogen (secondary N) is 1. The third-order valence-electron chi connectivity index (χ3n) is 5.27. The maximum absolute atomic E-state index is 12.3. The molecular formula is C19H19ClN8O. The molecule has 1 aliphatic rings. The molecule has 1 N–H and O–H groups in total.